The molecule has 2 aromatic heterocycles. The van der Waals surface area contributed by atoms with E-state index < -0.39 is 0 Å². The quantitative estimate of drug-likeness (QED) is 0.675. The molecule has 0 saturated heterocycles. The maximum absolute atomic E-state index is 11.7. The van der Waals surface area contributed by atoms with Crippen LogP contribution in [-0.4, -0.2) is 28.4 Å². The number of imidazole rings is 1. The normalized spacial score (nSPS) is 9.96. The van der Waals surface area contributed by atoms with Crippen molar-refractivity contribution < 1.29 is 4.79 Å². The van der Waals surface area contributed by atoms with Gasteiger partial charge in [0.1, 0.15) is 5.65 Å². The number of nitrogens with two attached hydrogens (primary N) is 1. The van der Waals surface area contributed by atoms with E-state index in [1.165, 1.54) is 0 Å². The third kappa shape index (κ3) is 7.68. The van der Waals surface area contributed by atoms with Crippen LogP contribution in [-0.2, 0) is 11.2 Å². The SMILES string of the molecule is Cl.Cl.NCCCCCCC(=O)NCCc1cn2ccccc2n1. The standard InChI is InChI=1S/C16H24N4O.2ClH/c17-10-5-2-1-3-8-16(21)18-11-9-14-13-20-12-6-4-7-15(20)19-14;;/h4,6-7,12-13H,1-3,5,8-11,17H2,(H,18,21);2*1H. The van der Waals surface area contributed by atoms with Gasteiger partial charge in [0.25, 0.3) is 0 Å². The van der Waals surface area contributed by atoms with Crippen LogP contribution in [0.25, 0.3) is 5.65 Å². The van der Waals surface area contributed by atoms with Crippen LogP contribution in [0.2, 0.25) is 0 Å². The van der Waals surface area contributed by atoms with Crippen molar-refractivity contribution in [2.24, 2.45) is 5.73 Å². The van der Waals surface area contributed by atoms with Crippen molar-refractivity contribution in [1.29, 1.82) is 0 Å². The Kier molecular flexibility index (Phi) is 11.5. The van der Waals surface area contributed by atoms with E-state index in [1.54, 1.807) is 0 Å². The Morgan fingerprint density at radius 1 is 1.17 bits per heavy atom. The molecule has 0 aromatic carbocycles. The molecular weight excluding hydrogens is 335 g/mol. The molecule has 0 bridgehead atoms. The lowest BCUT2D eigenvalue weighted by molar-refractivity contribution is -0.121. The summed E-state index contributed by atoms with van der Waals surface area (Å²) in [6.45, 7) is 1.39. The maximum Gasteiger partial charge on any atom is 0.220 e. The predicted molar refractivity (Wildman–Crippen MR) is 98.5 cm³/mol. The highest BCUT2D eigenvalue weighted by molar-refractivity contribution is 5.85. The number of rotatable bonds is 9. The van der Waals surface area contributed by atoms with Crippen molar-refractivity contribution >= 4 is 36.4 Å². The summed E-state index contributed by atoms with van der Waals surface area (Å²) < 4.78 is 1.99. The summed E-state index contributed by atoms with van der Waals surface area (Å²) in [7, 11) is 0. The smallest absolute Gasteiger partial charge is 0.220 e. The molecule has 5 nitrogen and oxygen atoms in total. The molecule has 2 aromatic rings. The molecule has 0 aliphatic carbocycles. The van der Waals surface area contributed by atoms with E-state index in [1.807, 2.05) is 35.0 Å². The minimum absolute atomic E-state index is 0. The van der Waals surface area contributed by atoms with Gasteiger partial charge in [-0.3, -0.25) is 4.79 Å². The molecule has 7 heteroatoms. The topological polar surface area (TPSA) is 72.4 Å². The number of carbonyl (C=O) groups is 1. The van der Waals surface area contributed by atoms with Gasteiger partial charge >= 0.3 is 0 Å². The molecule has 2 rings (SSSR count). The zero-order valence-electron chi connectivity index (χ0n) is 13.2. The summed E-state index contributed by atoms with van der Waals surface area (Å²) in [5, 5.41) is 2.95. The molecular formula is C16H26Cl2N4O. The first-order valence-electron chi connectivity index (χ1n) is 7.69. The van der Waals surface area contributed by atoms with Crippen LogP contribution < -0.4 is 11.1 Å². The first kappa shape index (κ1) is 21.7. The first-order valence-corrected chi connectivity index (χ1v) is 7.69. The second-order valence-electron chi connectivity index (χ2n) is 5.25. The first-order chi connectivity index (χ1) is 10.3. The van der Waals surface area contributed by atoms with E-state index in [2.05, 4.69) is 10.3 Å². The van der Waals surface area contributed by atoms with Gasteiger partial charge in [-0.2, -0.15) is 0 Å². The molecule has 0 saturated carbocycles. The van der Waals surface area contributed by atoms with Crippen LogP contribution in [0.15, 0.2) is 30.6 Å². The Balaban J connectivity index is 0.00000242. The van der Waals surface area contributed by atoms with Crippen molar-refractivity contribution in [3.8, 4) is 0 Å². The number of nitrogens with one attached hydrogen (secondary N) is 1. The number of hydrogen-bond donors (Lipinski definition) is 2. The van der Waals surface area contributed by atoms with Gasteiger partial charge < -0.3 is 15.5 Å². The van der Waals surface area contributed by atoms with Crippen LogP contribution in [0, 0.1) is 0 Å². The van der Waals surface area contributed by atoms with Gasteiger partial charge in [-0.05, 0) is 31.5 Å². The van der Waals surface area contributed by atoms with Crippen LogP contribution >= 0.6 is 24.8 Å². The molecule has 0 aliphatic rings. The lowest BCUT2D eigenvalue weighted by atomic mass is 10.1. The summed E-state index contributed by atoms with van der Waals surface area (Å²) >= 11 is 0. The van der Waals surface area contributed by atoms with Gasteiger partial charge in [-0.25, -0.2) is 4.98 Å². The van der Waals surface area contributed by atoms with E-state index >= 15 is 0 Å². The average Bonchev–Trinajstić information content (AvgIpc) is 2.89. The van der Waals surface area contributed by atoms with Crippen molar-refractivity contribution in [2.45, 2.75) is 38.5 Å². The molecule has 3 N–H and O–H groups in total. The van der Waals surface area contributed by atoms with Gasteiger partial charge in [-0.1, -0.05) is 18.9 Å². The van der Waals surface area contributed by atoms with E-state index in [0.717, 1.165) is 50.0 Å². The number of pyridine rings is 1. The third-order valence-corrected chi connectivity index (χ3v) is 3.48. The molecule has 0 spiro atoms. The van der Waals surface area contributed by atoms with E-state index in [-0.39, 0.29) is 30.7 Å². The van der Waals surface area contributed by atoms with E-state index in [9.17, 15) is 4.79 Å². The molecule has 0 unspecified atom stereocenters. The van der Waals surface area contributed by atoms with Crippen molar-refractivity contribution in [1.82, 2.24) is 14.7 Å². The minimum Gasteiger partial charge on any atom is -0.356 e. The molecule has 0 aliphatic heterocycles. The van der Waals surface area contributed by atoms with Gasteiger partial charge in [-0.15, -0.1) is 24.8 Å². The fourth-order valence-electron chi connectivity index (χ4n) is 2.31. The largest absolute Gasteiger partial charge is 0.356 e. The van der Waals surface area contributed by atoms with Gasteiger partial charge in [0.15, 0.2) is 0 Å². The highest BCUT2D eigenvalue weighted by Crippen LogP contribution is 2.05. The fraction of sp³-hybridized carbons (Fsp3) is 0.500. The Labute approximate surface area is 149 Å². The molecule has 130 valence electrons. The molecule has 1 amide bonds. The number of amides is 1. The lowest BCUT2D eigenvalue weighted by Gasteiger charge is -2.03. The Morgan fingerprint density at radius 2 is 1.96 bits per heavy atom. The second-order valence-corrected chi connectivity index (χ2v) is 5.25. The summed E-state index contributed by atoms with van der Waals surface area (Å²) in [6, 6.07) is 5.92. The number of aromatic nitrogens is 2. The summed E-state index contributed by atoms with van der Waals surface area (Å²) in [4.78, 5) is 16.2. The third-order valence-electron chi connectivity index (χ3n) is 3.48. The second kappa shape index (κ2) is 12.2. The molecule has 0 atom stereocenters. The number of unbranched alkanes of at least 4 members (excludes halogenated alkanes) is 3. The number of nitrogens with zero attached hydrogens (tertiary/aromatic N) is 2. The predicted octanol–water partition coefficient (Wildman–Crippen LogP) is 2.75. The molecule has 0 fully saturated rings. The molecule has 0 radical (unpaired) electrons. The zero-order valence-corrected chi connectivity index (χ0v) is 14.9. The Hall–Kier alpha value is -1.30. The van der Waals surface area contributed by atoms with Gasteiger partial charge in [0.2, 0.25) is 5.91 Å². The van der Waals surface area contributed by atoms with Gasteiger partial charge in [0.05, 0.1) is 5.69 Å². The van der Waals surface area contributed by atoms with Crippen LogP contribution in [0.5, 0.6) is 0 Å². The number of fused-ring (bicyclic) bond motifs is 1. The lowest BCUT2D eigenvalue weighted by Crippen LogP contribution is -2.25. The van der Waals surface area contributed by atoms with Gasteiger partial charge in [0, 0.05) is 31.8 Å². The van der Waals surface area contributed by atoms with Crippen molar-refractivity contribution in [3.63, 3.8) is 0 Å². The highest BCUT2D eigenvalue weighted by Gasteiger charge is 2.03. The summed E-state index contributed by atoms with van der Waals surface area (Å²) in [5.41, 5.74) is 7.38. The average molecular weight is 361 g/mol. The van der Waals surface area contributed by atoms with E-state index in [4.69, 9.17) is 5.73 Å². The Morgan fingerprint density at radius 3 is 2.70 bits per heavy atom. The van der Waals surface area contributed by atoms with E-state index in [0.29, 0.717) is 13.0 Å². The number of halogens is 2. The minimum atomic E-state index is 0. The summed E-state index contributed by atoms with van der Waals surface area (Å²) in [5.74, 6) is 0.131. The zero-order chi connectivity index (χ0) is 14.9. The summed E-state index contributed by atoms with van der Waals surface area (Å²) in [6.07, 6.45) is 9.55. The highest BCUT2D eigenvalue weighted by atomic mass is 35.5. The Bertz CT molecular complexity index is 541. The van der Waals surface area contributed by atoms with Crippen LogP contribution in [0.3, 0.4) is 0 Å². The fourth-order valence-corrected chi connectivity index (χ4v) is 2.31. The number of hydrogen-bond acceptors (Lipinski definition) is 3. The molecule has 2 heterocycles. The maximum atomic E-state index is 11.7. The molecule has 23 heavy (non-hydrogen) atoms. The van der Waals surface area contributed by atoms with Crippen molar-refractivity contribution in [3.05, 3.63) is 36.3 Å². The number of carbonyl (C=O) groups excluding carboxylic acids is 1. The van der Waals surface area contributed by atoms with Crippen LogP contribution in [0.1, 0.15) is 37.8 Å². The monoisotopic (exact) mass is 360 g/mol. The van der Waals surface area contributed by atoms with Crippen LogP contribution in [0.4, 0.5) is 0 Å². The van der Waals surface area contributed by atoms with Crippen molar-refractivity contribution in [2.75, 3.05) is 13.1 Å².